The molecule has 73 heavy (non-hydrogen) atoms. The molecule has 0 saturated carbocycles. The van der Waals surface area contributed by atoms with E-state index < -0.39 is 0 Å². The van der Waals surface area contributed by atoms with E-state index in [1.54, 1.807) is 22.3 Å². The van der Waals surface area contributed by atoms with Crippen molar-refractivity contribution in [2.24, 2.45) is 0 Å². The predicted molar refractivity (Wildman–Crippen MR) is 319 cm³/mol. The lowest BCUT2D eigenvalue weighted by molar-refractivity contribution is -0.870. The molecule has 6 aromatic carbocycles. The maximum atomic E-state index is 2.71. The fourth-order valence-electron chi connectivity index (χ4n) is 13.6. The van der Waals surface area contributed by atoms with E-state index in [4.69, 9.17) is 0 Å². The quantitative estimate of drug-likeness (QED) is 0.0375. The van der Waals surface area contributed by atoms with Crippen LogP contribution < -0.4 is 0 Å². The van der Waals surface area contributed by atoms with Crippen LogP contribution in [0, 0.1) is 27.7 Å². The fraction of sp³-hybridized carbons (Fsp3) is 0.493. The summed E-state index contributed by atoms with van der Waals surface area (Å²) >= 11 is 0. The maximum Gasteiger partial charge on any atom is 0.0780 e. The van der Waals surface area contributed by atoms with Gasteiger partial charge in [0.2, 0.25) is 0 Å². The smallest absolute Gasteiger partial charge is 0.0780 e. The number of quaternary nitrogens is 2. The molecule has 0 fully saturated rings. The molecule has 8 rings (SSSR count). The highest BCUT2D eigenvalue weighted by Crippen LogP contribution is 2.58. The number of nitrogens with zero attached hydrogens (tertiary/aromatic N) is 2. The van der Waals surface area contributed by atoms with Crippen LogP contribution >= 0.6 is 0 Å². The van der Waals surface area contributed by atoms with E-state index in [1.807, 2.05) is 0 Å². The Kier molecular flexibility index (Phi) is 17.5. The molecule has 0 amide bonds. The number of hydrogen-bond donors (Lipinski definition) is 0. The molecule has 1 atom stereocenters. The summed E-state index contributed by atoms with van der Waals surface area (Å²) in [6.45, 7) is 16.1. The molecule has 0 radical (unpaired) electrons. The van der Waals surface area contributed by atoms with Crippen LogP contribution in [0.5, 0.6) is 0 Å². The second kappa shape index (κ2) is 23.4. The number of aryl methyl sites for hydroxylation is 4. The van der Waals surface area contributed by atoms with Crippen LogP contribution in [0.4, 0.5) is 0 Å². The molecule has 0 saturated heterocycles. The van der Waals surface area contributed by atoms with Gasteiger partial charge in [0.15, 0.2) is 0 Å². The highest BCUT2D eigenvalue weighted by molar-refractivity contribution is 5.89. The molecule has 0 heterocycles. The Bertz CT molecular complexity index is 2770. The topological polar surface area (TPSA) is 0 Å². The van der Waals surface area contributed by atoms with Gasteiger partial charge in [-0.1, -0.05) is 198 Å². The minimum absolute atomic E-state index is 0.0108. The van der Waals surface area contributed by atoms with E-state index in [0.717, 1.165) is 21.9 Å². The molecule has 2 nitrogen and oxygen atoms in total. The van der Waals surface area contributed by atoms with E-state index in [2.05, 4.69) is 193 Å². The zero-order valence-corrected chi connectivity index (χ0v) is 48.1. The van der Waals surface area contributed by atoms with Crippen molar-refractivity contribution >= 4 is 0 Å². The summed E-state index contributed by atoms with van der Waals surface area (Å²) in [5.74, 6) is 0. The fourth-order valence-corrected chi connectivity index (χ4v) is 13.6. The molecule has 2 aliphatic rings. The Labute approximate surface area is 445 Å². The third-order valence-electron chi connectivity index (χ3n) is 17.2. The molecule has 2 aliphatic carbocycles. The van der Waals surface area contributed by atoms with Crippen LogP contribution in [0.1, 0.15) is 180 Å². The number of unbranched alkanes of at least 4 members (excludes halogenated alkanes) is 11. The summed E-state index contributed by atoms with van der Waals surface area (Å²) in [5.41, 5.74) is 25.6. The second-order valence-electron chi connectivity index (χ2n) is 25.6. The molecule has 0 spiro atoms. The summed E-state index contributed by atoms with van der Waals surface area (Å²) in [5, 5.41) is 0. The minimum Gasteiger partial charge on any atom is -0.331 e. The summed E-state index contributed by atoms with van der Waals surface area (Å²) < 4.78 is 2.00. The molecule has 2 heteroatoms. The number of hydrogen-bond acceptors (Lipinski definition) is 0. The Balaban J connectivity index is 1.27. The standard InChI is InChI=1S/C71H96N2/c1-13-15-17-19-21-23-36-70(37-24-22-20-18-16-14-2)66-48-56(28-32-62(66)64-34-30-58(50-68(64)70)60-44-52(3)42-53(4)45-60)57-29-33-63-65-35-31-59(61-46-54(5)43-55(6)47-61)51-69(65)71(67(63)49-57,39-27-41-73(10,11)12)38-25-26-40-72(7,8)9/h28-35,42-51H,13-27,36-41H2,1-12H3/q+2. The van der Waals surface area contributed by atoms with Crippen molar-refractivity contribution in [3.63, 3.8) is 0 Å². The lowest BCUT2D eigenvalue weighted by atomic mass is 9.69. The molecule has 0 bridgehead atoms. The molecule has 6 aromatic rings. The Morgan fingerprint density at radius 1 is 0.288 bits per heavy atom. The van der Waals surface area contributed by atoms with Crippen LogP contribution in [0.25, 0.3) is 55.6 Å². The third-order valence-corrected chi connectivity index (χ3v) is 17.2. The first-order valence-electron chi connectivity index (χ1n) is 29.3. The van der Waals surface area contributed by atoms with Gasteiger partial charge in [-0.15, -0.1) is 0 Å². The molecular formula is C71H96N2+2. The first kappa shape index (κ1) is 54.5. The first-order valence-corrected chi connectivity index (χ1v) is 29.3. The SMILES string of the molecule is CCCCCCCCC1(CCCCCCCC)c2cc(-c3cc(C)cc(C)c3)ccc2-c2ccc(-c3ccc4c(c3)C(CCCC[N+](C)(C)C)(CCC[N+](C)(C)C)c3cc(-c5cc(C)cc(C)c5)ccc3-4)cc21. The monoisotopic (exact) mass is 977 g/mol. The Hall–Kier alpha value is -4.76. The van der Waals surface area contributed by atoms with Crippen molar-refractivity contribution in [1.82, 2.24) is 0 Å². The molecule has 0 aliphatic heterocycles. The first-order chi connectivity index (χ1) is 34.9. The minimum atomic E-state index is -0.0631. The van der Waals surface area contributed by atoms with E-state index in [9.17, 15) is 0 Å². The Morgan fingerprint density at radius 2 is 0.562 bits per heavy atom. The summed E-state index contributed by atoms with van der Waals surface area (Å²) in [7, 11) is 14.2. The van der Waals surface area contributed by atoms with Crippen LogP contribution in [-0.2, 0) is 10.8 Å². The van der Waals surface area contributed by atoms with Crippen molar-refractivity contribution < 1.29 is 8.97 Å². The molecule has 0 aromatic heterocycles. The van der Waals surface area contributed by atoms with Gasteiger partial charge in [0.05, 0.1) is 55.4 Å². The van der Waals surface area contributed by atoms with E-state index in [-0.39, 0.29) is 10.8 Å². The zero-order valence-electron chi connectivity index (χ0n) is 48.1. The average molecular weight is 978 g/mol. The van der Waals surface area contributed by atoms with Crippen LogP contribution in [0.2, 0.25) is 0 Å². The van der Waals surface area contributed by atoms with Gasteiger partial charge in [0.1, 0.15) is 0 Å². The highest BCUT2D eigenvalue weighted by Gasteiger charge is 2.45. The van der Waals surface area contributed by atoms with Crippen LogP contribution in [0.15, 0.2) is 109 Å². The van der Waals surface area contributed by atoms with Crippen LogP contribution in [-0.4, -0.2) is 64.3 Å². The van der Waals surface area contributed by atoms with Crippen molar-refractivity contribution in [2.75, 3.05) is 55.4 Å². The van der Waals surface area contributed by atoms with Crippen molar-refractivity contribution in [2.45, 2.75) is 174 Å². The summed E-state index contributed by atoms with van der Waals surface area (Å²) in [6, 6.07) is 44.8. The van der Waals surface area contributed by atoms with Crippen molar-refractivity contribution in [3.8, 4) is 55.6 Å². The zero-order chi connectivity index (χ0) is 52.0. The maximum absolute atomic E-state index is 2.71. The summed E-state index contributed by atoms with van der Waals surface area (Å²) in [4.78, 5) is 0. The normalized spacial score (nSPS) is 15.6. The molecule has 388 valence electrons. The molecular weight excluding hydrogens is 881 g/mol. The van der Waals surface area contributed by atoms with Gasteiger partial charge in [-0.05, 0) is 175 Å². The lowest BCUT2D eigenvalue weighted by Gasteiger charge is -2.35. The number of benzene rings is 6. The van der Waals surface area contributed by atoms with Crippen molar-refractivity contribution in [1.29, 1.82) is 0 Å². The van der Waals surface area contributed by atoms with E-state index in [1.165, 1.54) is 200 Å². The lowest BCUT2D eigenvalue weighted by Crippen LogP contribution is -2.37. The average Bonchev–Trinajstić information content (AvgIpc) is 3.76. The van der Waals surface area contributed by atoms with Gasteiger partial charge in [0.25, 0.3) is 0 Å². The molecule has 1 unspecified atom stereocenters. The summed E-state index contributed by atoms with van der Waals surface area (Å²) in [6.07, 6.45) is 24.3. The number of rotatable bonds is 26. The van der Waals surface area contributed by atoms with Gasteiger partial charge >= 0.3 is 0 Å². The largest absolute Gasteiger partial charge is 0.331 e. The van der Waals surface area contributed by atoms with Gasteiger partial charge in [0, 0.05) is 10.8 Å². The Morgan fingerprint density at radius 3 is 0.890 bits per heavy atom. The van der Waals surface area contributed by atoms with Gasteiger partial charge in [-0.3, -0.25) is 0 Å². The van der Waals surface area contributed by atoms with E-state index in [0.29, 0.717) is 0 Å². The van der Waals surface area contributed by atoms with E-state index >= 15 is 0 Å². The number of fused-ring (bicyclic) bond motifs is 6. The van der Waals surface area contributed by atoms with Gasteiger partial charge in [-0.25, -0.2) is 0 Å². The van der Waals surface area contributed by atoms with Crippen molar-refractivity contribution in [3.05, 3.63) is 154 Å². The predicted octanol–water partition coefficient (Wildman–Crippen LogP) is 19.3. The van der Waals surface area contributed by atoms with Gasteiger partial charge < -0.3 is 8.97 Å². The highest BCUT2D eigenvalue weighted by atomic mass is 15.3. The van der Waals surface area contributed by atoms with Gasteiger partial charge in [-0.2, -0.15) is 0 Å². The van der Waals surface area contributed by atoms with Crippen LogP contribution in [0.3, 0.4) is 0 Å². The molecule has 0 N–H and O–H groups in total. The third kappa shape index (κ3) is 12.7. The second-order valence-corrected chi connectivity index (χ2v) is 25.6.